The van der Waals surface area contributed by atoms with Crippen molar-refractivity contribution < 1.29 is 23.9 Å². The van der Waals surface area contributed by atoms with Crippen LogP contribution in [0.1, 0.15) is 29.9 Å². The summed E-state index contributed by atoms with van der Waals surface area (Å²) in [5.74, 6) is -1.69. The van der Waals surface area contributed by atoms with Crippen LogP contribution in [0.2, 0.25) is 0 Å². The first-order valence-electron chi connectivity index (χ1n) is 8.91. The minimum Gasteiger partial charge on any atom is -0.454 e. The molecule has 29 heavy (non-hydrogen) atoms. The lowest BCUT2D eigenvalue weighted by molar-refractivity contribution is -0.153. The molecule has 1 saturated heterocycles. The lowest BCUT2D eigenvalue weighted by Gasteiger charge is -2.13. The molecule has 3 amide bonds. The fraction of sp³-hybridized carbons (Fsp3) is 0.389. The number of nitrogens with one attached hydrogen (secondary N) is 1. The lowest BCUT2D eigenvalue weighted by atomic mass is 10.4. The van der Waals surface area contributed by atoms with Gasteiger partial charge in [-0.15, -0.1) is 0 Å². The standard InChI is InChI=1S/C18H20N6O5/c1-10-6-11(2)20-18(19-10)24-13(7-12(3)22-24)21-14(25)9-29-17(28)8-23-15(26)4-5-16(23)27/h6-7H,4-5,8-9H2,1-3H3,(H,21,25). The normalized spacial score (nSPS) is 13.7. The first-order chi connectivity index (χ1) is 13.7. The van der Waals surface area contributed by atoms with Crippen molar-refractivity contribution in [2.24, 2.45) is 0 Å². The lowest BCUT2D eigenvalue weighted by Crippen LogP contribution is -2.36. The van der Waals surface area contributed by atoms with Gasteiger partial charge < -0.3 is 10.1 Å². The molecule has 11 nitrogen and oxygen atoms in total. The van der Waals surface area contributed by atoms with Crippen molar-refractivity contribution >= 4 is 29.5 Å². The summed E-state index contributed by atoms with van der Waals surface area (Å²) in [7, 11) is 0. The summed E-state index contributed by atoms with van der Waals surface area (Å²) in [6.45, 7) is 4.31. The second-order valence-corrected chi connectivity index (χ2v) is 6.62. The number of esters is 1. The molecule has 0 bridgehead atoms. The fourth-order valence-corrected chi connectivity index (χ4v) is 2.84. The molecule has 3 heterocycles. The van der Waals surface area contributed by atoms with Crippen molar-refractivity contribution in [3.8, 4) is 5.95 Å². The number of ether oxygens (including phenoxy) is 1. The molecule has 0 unspecified atom stereocenters. The Labute approximate surface area is 166 Å². The van der Waals surface area contributed by atoms with Crippen LogP contribution in [0.15, 0.2) is 12.1 Å². The second kappa shape index (κ2) is 8.17. The maximum atomic E-state index is 12.2. The Morgan fingerprint density at radius 1 is 1.03 bits per heavy atom. The molecule has 3 rings (SSSR count). The summed E-state index contributed by atoms with van der Waals surface area (Å²) in [5.41, 5.74) is 2.13. The van der Waals surface area contributed by atoms with Gasteiger partial charge in [-0.3, -0.25) is 24.1 Å². The number of carbonyl (C=O) groups is 4. The molecule has 2 aromatic rings. The summed E-state index contributed by atoms with van der Waals surface area (Å²) >= 11 is 0. The van der Waals surface area contributed by atoms with Gasteiger partial charge in [0.25, 0.3) is 11.9 Å². The van der Waals surface area contributed by atoms with Crippen LogP contribution >= 0.6 is 0 Å². The van der Waals surface area contributed by atoms with Crippen LogP contribution < -0.4 is 5.32 Å². The summed E-state index contributed by atoms with van der Waals surface area (Å²) in [5, 5.41) is 6.88. The Hall–Kier alpha value is -3.63. The Morgan fingerprint density at radius 3 is 2.28 bits per heavy atom. The fourth-order valence-electron chi connectivity index (χ4n) is 2.84. The van der Waals surface area contributed by atoms with E-state index in [1.54, 1.807) is 13.0 Å². The molecular weight excluding hydrogens is 380 g/mol. The molecule has 0 saturated carbocycles. The zero-order valence-electron chi connectivity index (χ0n) is 16.3. The first-order valence-corrected chi connectivity index (χ1v) is 8.91. The Balaban J connectivity index is 1.62. The highest BCUT2D eigenvalue weighted by Gasteiger charge is 2.31. The quantitative estimate of drug-likeness (QED) is 0.537. The average molecular weight is 400 g/mol. The molecule has 1 fully saturated rings. The third kappa shape index (κ3) is 4.81. The smallest absolute Gasteiger partial charge is 0.326 e. The van der Waals surface area contributed by atoms with Gasteiger partial charge in [0.2, 0.25) is 11.8 Å². The van der Waals surface area contributed by atoms with Gasteiger partial charge in [0, 0.05) is 30.3 Å². The van der Waals surface area contributed by atoms with Gasteiger partial charge in [-0.1, -0.05) is 0 Å². The zero-order valence-corrected chi connectivity index (χ0v) is 16.3. The SMILES string of the molecule is Cc1cc(C)nc(-n2nc(C)cc2NC(=O)COC(=O)CN2C(=O)CCC2=O)n1. The topological polar surface area (TPSA) is 136 Å². The average Bonchev–Trinajstić information content (AvgIpc) is 3.15. The Bertz CT molecular complexity index is 962. The van der Waals surface area contributed by atoms with E-state index in [4.69, 9.17) is 4.74 Å². The van der Waals surface area contributed by atoms with Crippen LogP contribution in [0.4, 0.5) is 5.82 Å². The predicted molar refractivity (Wildman–Crippen MR) is 98.9 cm³/mol. The van der Waals surface area contributed by atoms with Crippen LogP contribution in [0.5, 0.6) is 0 Å². The molecular formula is C18H20N6O5. The molecule has 152 valence electrons. The summed E-state index contributed by atoms with van der Waals surface area (Å²) < 4.78 is 6.25. The molecule has 0 atom stereocenters. The van der Waals surface area contributed by atoms with Gasteiger partial charge >= 0.3 is 5.97 Å². The van der Waals surface area contributed by atoms with Crippen LogP contribution in [-0.2, 0) is 23.9 Å². The largest absolute Gasteiger partial charge is 0.454 e. The first kappa shape index (κ1) is 20.1. The van der Waals surface area contributed by atoms with Gasteiger partial charge in [0.15, 0.2) is 6.61 Å². The Kier molecular flexibility index (Phi) is 5.66. The van der Waals surface area contributed by atoms with Gasteiger partial charge in [0.1, 0.15) is 12.4 Å². The molecule has 11 heteroatoms. The van der Waals surface area contributed by atoms with Gasteiger partial charge in [-0.2, -0.15) is 9.78 Å². The molecule has 0 spiro atoms. The molecule has 0 radical (unpaired) electrons. The number of hydrogen-bond donors (Lipinski definition) is 1. The van der Waals surface area contributed by atoms with Crippen LogP contribution in [-0.4, -0.2) is 61.5 Å². The highest BCUT2D eigenvalue weighted by molar-refractivity contribution is 6.04. The maximum absolute atomic E-state index is 12.2. The minimum absolute atomic E-state index is 0.0798. The molecule has 1 aliphatic heterocycles. The number of nitrogens with zero attached hydrogens (tertiary/aromatic N) is 5. The van der Waals surface area contributed by atoms with Gasteiger partial charge in [-0.25, -0.2) is 9.97 Å². The zero-order chi connectivity index (χ0) is 21.1. The van der Waals surface area contributed by atoms with E-state index in [1.165, 1.54) is 4.68 Å². The van der Waals surface area contributed by atoms with E-state index >= 15 is 0 Å². The van der Waals surface area contributed by atoms with E-state index in [1.807, 2.05) is 19.9 Å². The van der Waals surface area contributed by atoms with Crippen LogP contribution in [0.25, 0.3) is 5.95 Å². The number of likely N-dealkylation sites (tertiary alicyclic amines) is 1. The van der Waals surface area contributed by atoms with E-state index in [9.17, 15) is 19.2 Å². The van der Waals surface area contributed by atoms with Crippen molar-refractivity contribution in [1.29, 1.82) is 0 Å². The molecule has 1 N–H and O–H groups in total. The van der Waals surface area contributed by atoms with E-state index in [2.05, 4.69) is 20.4 Å². The second-order valence-electron chi connectivity index (χ2n) is 6.62. The van der Waals surface area contributed by atoms with Crippen molar-refractivity contribution in [2.45, 2.75) is 33.6 Å². The molecule has 1 aliphatic rings. The monoisotopic (exact) mass is 400 g/mol. The van der Waals surface area contributed by atoms with Crippen LogP contribution in [0.3, 0.4) is 0 Å². The number of carbonyl (C=O) groups excluding carboxylic acids is 4. The number of imide groups is 1. The van der Waals surface area contributed by atoms with Gasteiger partial charge in [-0.05, 0) is 26.8 Å². The third-order valence-corrected chi connectivity index (χ3v) is 4.07. The van der Waals surface area contributed by atoms with Crippen molar-refractivity contribution in [3.63, 3.8) is 0 Å². The number of rotatable bonds is 6. The summed E-state index contributed by atoms with van der Waals surface area (Å²) in [6.07, 6.45) is 0.160. The molecule has 0 aliphatic carbocycles. The minimum atomic E-state index is -0.842. The summed E-state index contributed by atoms with van der Waals surface area (Å²) in [4.78, 5) is 56.5. The molecule has 2 aromatic heterocycles. The van der Waals surface area contributed by atoms with Crippen molar-refractivity contribution in [3.05, 3.63) is 29.2 Å². The van der Waals surface area contributed by atoms with E-state index < -0.39 is 36.8 Å². The third-order valence-electron chi connectivity index (χ3n) is 4.07. The maximum Gasteiger partial charge on any atom is 0.326 e. The van der Waals surface area contributed by atoms with E-state index in [0.29, 0.717) is 17.5 Å². The van der Waals surface area contributed by atoms with E-state index in [0.717, 1.165) is 16.3 Å². The highest BCUT2D eigenvalue weighted by atomic mass is 16.5. The van der Waals surface area contributed by atoms with E-state index in [-0.39, 0.29) is 12.8 Å². The number of amides is 3. The van der Waals surface area contributed by atoms with Crippen molar-refractivity contribution in [2.75, 3.05) is 18.5 Å². The number of hydrogen-bond acceptors (Lipinski definition) is 8. The van der Waals surface area contributed by atoms with Gasteiger partial charge in [0.05, 0.1) is 5.69 Å². The van der Waals surface area contributed by atoms with Crippen molar-refractivity contribution in [1.82, 2.24) is 24.6 Å². The Morgan fingerprint density at radius 2 is 1.66 bits per heavy atom. The number of aryl methyl sites for hydroxylation is 3. The predicted octanol–water partition coefficient (Wildman–Crippen LogP) is 0.218. The highest BCUT2D eigenvalue weighted by Crippen LogP contribution is 2.15. The van der Waals surface area contributed by atoms with Crippen LogP contribution in [0, 0.1) is 20.8 Å². The number of anilines is 1. The number of aromatic nitrogens is 4. The summed E-state index contributed by atoms with van der Waals surface area (Å²) in [6, 6.07) is 3.44. The molecule has 0 aromatic carbocycles.